The number of hydrogen-bond acceptors (Lipinski definition) is 8. The molecule has 0 atom stereocenters. The molecule has 0 aromatic rings. The molecule has 0 unspecified atom stereocenters. The molecule has 306 valence electrons. The second-order valence-electron chi connectivity index (χ2n) is 15.1. The van der Waals surface area contributed by atoms with E-state index in [4.69, 9.17) is 14.6 Å². The molecule has 12 nitrogen and oxygen atoms in total. The Bertz CT molecular complexity index is 833. The molecular weight excluding hydrogens is 663 g/mol. The molecule has 0 aliphatic carbocycles. The fourth-order valence-electron chi connectivity index (χ4n) is 5.09. The molecular formula is C39H79LiN2O10. The van der Waals surface area contributed by atoms with Gasteiger partial charge in [0.2, 0.25) is 0 Å². The Hall–Kier alpha value is -2.00. The third-order valence-corrected chi connectivity index (χ3v) is 7.69. The van der Waals surface area contributed by atoms with E-state index in [1.807, 2.05) is 41.5 Å². The molecule has 0 saturated heterocycles. The van der Waals surface area contributed by atoms with Crippen molar-refractivity contribution in [3.63, 3.8) is 0 Å². The van der Waals surface area contributed by atoms with E-state index >= 15 is 0 Å². The summed E-state index contributed by atoms with van der Waals surface area (Å²) in [6, 6.07) is 0. The maximum atomic E-state index is 11.5. The van der Waals surface area contributed by atoms with Gasteiger partial charge < -0.3 is 40.9 Å². The van der Waals surface area contributed by atoms with Gasteiger partial charge in [-0.3, -0.25) is 9.59 Å². The van der Waals surface area contributed by atoms with Crippen LogP contribution >= 0.6 is 0 Å². The van der Waals surface area contributed by atoms with Crippen molar-refractivity contribution in [3.05, 3.63) is 0 Å². The average Bonchev–Trinajstić information content (AvgIpc) is 2.99. The standard InChI is InChI=1S/C20H39NO4.C19H37NO4.Li.2H2O/c1-20(2,3)25-19(23)21-17-15-13-11-9-7-5-6-8-10-12-14-16-18(22)24-4;1-19(2,3)24-18(23)20-16-14-12-10-8-6-4-5-7-9-11-13-15-17(21)22;;;/h5-17H2,1-4H3,(H,21,23);4-16H2,1-3H3,(H,20,23)(H,21,22);;2*1H2/q;;+1;;/p-1. The number of amides is 2. The number of ether oxygens (including phenoxy) is 3. The minimum absolute atomic E-state index is 0. The van der Waals surface area contributed by atoms with Gasteiger partial charge in [0.1, 0.15) is 11.2 Å². The molecule has 0 aliphatic rings. The first-order valence-electron chi connectivity index (χ1n) is 19.4. The summed E-state index contributed by atoms with van der Waals surface area (Å²) in [5, 5.41) is 14.1. The maximum Gasteiger partial charge on any atom is 1.00 e. The summed E-state index contributed by atoms with van der Waals surface area (Å²) in [6.45, 7) is 12.6. The Balaban J connectivity index is -0.000000268. The number of hydrogen-bond donors (Lipinski definition) is 3. The van der Waals surface area contributed by atoms with E-state index in [0.29, 0.717) is 25.9 Å². The van der Waals surface area contributed by atoms with Crippen molar-refractivity contribution in [2.45, 2.75) is 207 Å². The Morgan fingerprint density at radius 3 is 0.981 bits per heavy atom. The van der Waals surface area contributed by atoms with E-state index in [0.717, 1.165) is 57.8 Å². The van der Waals surface area contributed by atoms with Crippen LogP contribution in [0, 0.1) is 0 Å². The number of nitrogens with one attached hydrogen (secondary N) is 2. The first-order chi connectivity index (χ1) is 23.2. The van der Waals surface area contributed by atoms with E-state index in [9.17, 15) is 19.2 Å². The molecule has 0 aromatic heterocycles. The molecule has 0 aromatic carbocycles. The molecule has 0 saturated carbocycles. The van der Waals surface area contributed by atoms with Crippen LogP contribution in [0.15, 0.2) is 0 Å². The van der Waals surface area contributed by atoms with Gasteiger partial charge in [0.25, 0.3) is 0 Å². The fraction of sp³-hybridized carbons (Fsp3) is 0.897. The first-order valence-corrected chi connectivity index (χ1v) is 19.4. The van der Waals surface area contributed by atoms with Crippen LogP contribution in [0.3, 0.4) is 0 Å². The van der Waals surface area contributed by atoms with Gasteiger partial charge in [-0.15, -0.1) is 0 Å². The Kier molecular flexibility index (Phi) is 45.8. The van der Waals surface area contributed by atoms with Gasteiger partial charge >= 0.3 is 43.0 Å². The zero-order valence-corrected chi connectivity index (χ0v) is 34.6. The van der Waals surface area contributed by atoms with Crippen LogP contribution in [-0.4, -0.2) is 71.6 Å². The summed E-state index contributed by atoms with van der Waals surface area (Å²) in [5.41, 5.74) is -0.855. The molecule has 13 heteroatoms. The molecule has 0 aliphatic heterocycles. The number of esters is 1. The van der Waals surface area contributed by atoms with Crippen molar-refractivity contribution < 1.29 is 68.3 Å². The number of unbranched alkanes of at least 4 members (excludes halogenated alkanes) is 20. The Morgan fingerprint density at radius 2 is 0.731 bits per heavy atom. The number of carboxylic acids is 1. The second kappa shape index (κ2) is 40.2. The number of alkyl carbamates (subject to hydrolysis) is 2. The van der Waals surface area contributed by atoms with Crippen LogP contribution in [0.1, 0.15) is 196 Å². The molecule has 0 rings (SSSR count). The van der Waals surface area contributed by atoms with E-state index in [1.54, 1.807) is 0 Å². The van der Waals surface area contributed by atoms with Crippen LogP contribution in [0.25, 0.3) is 0 Å². The van der Waals surface area contributed by atoms with Crippen molar-refractivity contribution in [1.82, 2.24) is 10.6 Å². The van der Waals surface area contributed by atoms with Crippen LogP contribution in [0.4, 0.5) is 9.59 Å². The monoisotopic (exact) mass is 743 g/mol. The largest absolute Gasteiger partial charge is 1.00 e. The van der Waals surface area contributed by atoms with Crippen molar-refractivity contribution in [2.24, 2.45) is 0 Å². The minimum Gasteiger partial charge on any atom is -0.870 e. The molecule has 6 N–H and O–H groups in total. The van der Waals surface area contributed by atoms with E-state index in [1.165, 1.54) is 90.6 Å². The number of aliphatic carboxylic acids is 1. The minimum atomic E-state index is -0.684. The Labute approximate surface area is 329 Å². The van der Waals surface area contributed by atoms with Gasteiger partial charge in [-0.25, -0.2) is 9.59 Å². The zero-order valence-electron chi connectivity index (χ0n) is 34.6. The van der Waals surface area contributed by atoms with Crippen molar-refractivity contribution in [3.8, 4) is 0 Å². The molecule has 0 fully saturated rings. The Morgan fingerprint density at radius 1 is 0.481 bits per heavy atom. The maximum absolute atomic E-state index is 11.5. The van der Waals surface area contributed by atoms with Crippen LogP contribution in [0.2, 0.25) is 0 Å². The molecule has 0 bridgehead atoms. The summed E-state index contributed by atoms with van der Waals surface area (Å²) in [6.07, 6.45) is 26.0. The summed E-state index contributed by atoms with van der Waals surface area (Å²) in [4.78, 5) is 44.2. The van der Waals surface area contributed by atoms with Gasteiger partial charge in [-0.05, 0) is 67.2 Å². The van der Waals surface area contributed by atoms with Crippen LogP contribution < -0.4 is 29.5 Å². The predicted octanol–water partition coefficient (Wildman–Crippen LogP) is 6.64. The van der Waals surface area contributed by atoms with E-state index in [-0.39, 0.29) is 48.0 Å². The molecule has 52 heavy (non-hydrogen) atoms. The van der Waals surface area contributed by atoms with Crippen molar-refractivity contribution in [2.75, 3.05) is 20.2 Å². The van der Waals surface area contributed by atoms with Gasteiger partial charge in [-0.1, -0.05) is 116 Å². The topological polar surface area (TPSA) is 202 Å². The van der Waals surface area contributed by atoms with Crippen molar-refractivity contribution >= 4 is 24.1 Å². The zero-order chi connectivity index (χ0) is 37.2. The first kappa shape index (κ1) is 59.3. The number of rotatable bonds is 28. The van der Waals surface area contributed by atoms with E-state index in [2.05, 4.69) is 15.4 Å². The third kappa shape index (κ3) is 54.8. The number of carbonyl (C=O) groups is 4. The fourth-order valence-corrected chi connectivity index (χ4v) is 5.09. The summed E-state index contributed by atoms with van der Waals surface area (Å²) in [5.74, 6) is -0.780. The SMILES string of the molecule is CC(C)(C)OC(=O)NCCCCCCCCCCCCCC(=O)O.COC(=O)CCCCCCCCCCCCCNC(=O)OC(C)(C)C.O.[Li+].[OH-]. The number of methoxy groups -OCH3 is 1. The van der Waals surface area contributed by atoms with Gasteiger partial charge in [0.05, 0.1) is 7.11 Å². The van der Waals surface area contributed by atoms with E-state index < -0.39 is 17.2 Å². The number of carbonyl (C=O) groups excluding carboxylic acids is 3. The molecule has 0 radical (unpaired) electrons. The van der Waals surface area contributed by atoms with Gasteiger partial charge in [0.15, 0.2) is 0 Å². The predicted molar refractivity (Wildman–Crippen MR) is 204 cm³/mol. The summed E-state index contributed by atoms with van der Waals surface area (Å²) < 4.78 is 15.0. The molecule has 0 spiro atoms. The second-order valence-corrected chi connectivity index (χ2v) is 15.1. The smallest absolute Gasteiger partial charge is 0.870 e. The molecule has 2 amide bonds. The van der Waals surface area contributed by atoms with Crippen LogP contribution in [-0.2, 0) is 23.8 Å². The van der Waals surface area contributed by atoms with Gasteiger partial charge in [0, 0.05) is 25.9 Å². The normalized spacial score (nSPS) is 10.6. The summed E-state index contributed by atoms with van der Waals surface area (Å²) >= 11 is 0. The number of carboxylic acid groups (broad SMARTS) is 1. The molecule has 0 heterocycles. The summed E-state index contributed by atoms with van der Waals surface area (Å²) in [7, 11) is 1.44. The quantitative estimate of drug-likeness (QED) is 0.0340. The van der Waals surface area contributed by atoms with Gasteiger partial charge in [-0.2, -0.15) is 0 Å². The third-order valence-electron chi connectivity index (χ3n) is 7.69. The van der Waals surface area contributed by atoms with Crippen molar-refractivity contribution in [1.29, 1.82) is 0 Å². The van der Waals surface area contributed by atoms with Crippen LogP contribution in [0.5, 0.6) is 0 Å². The average molecular weight is 743 g/mol.